The van der Waals surface area contributed by atoms with Crippen LogP contribution in [0.4, 0.5) is 0 Å². The second-order valence-corrected chi connectivity index (χ2v) is 7.82. The molecule has 1 aromatic heterocycles. The molecule has 30 heavy (non-hydrogen) atoms. The summed E-state index contributed by atoms with van der Waals surface area (Å²) in [6, 6.07) is 14.9. The zero-order chi connectivity index (χ0) is 21.2. The van der Waals surface area contributed by atoms with E-state index in [1.807, 2.05) is 18.3 Å². The molecule has 0 radical (unpaired) electrons. The lowest BCUT2D eigenvalue weighted by molar-refractivity contribution is 0.125. The first-order valence-corrected chi connectivity index (χ1v) is 11.0. The van der Waals surface area contributed by atoms with Crippen molar-refractivity contribution in [2.24, 2.45) is 10.9 Å². The lowest BCUT2D eigenvalue weighted by Crippen LogP contribution is -2.40. The first-order chi connectivity index (χ1) is 14.7. The van der Waals surface area contributed by atoms with Crippen LogP contribution in [0.2, 0.25) is 0 Å². The summed E-state index contributed by atoms with van der Waals surface area (Å²) < 4.78 is 5.33. The molecule has 1 fully saturated rings. The number of ether oxygens (including phenoxy) is 1. The van der Waals surface area contributed by atoms with Crippen molar-refractivity contribution in [1.82, 2.24) is 20.5 Å². The zero-order valence-electron chi connectivity index (χ0n) is 18.5. The predicted molar refractivity (Wildman–Crippen MR) is 123 cm³/mol. The summed E-state index contributed by atoms with van der Waals surface area (Å²) in [5.74, 6) is 2.27. The Morgan fingerprint density at radius 2 is 2.03 bits per heavy atom. The van der Waals surface area contributed by atoms with Gasteiger partial charge in [-0.1, -0.05) is 18.2 Å². The minimum atomic E-state index is 0.379. The summed E-state index contributed by atoms with van der Waals surface area (Å²) >= 11 is 0. The summed E-state index contributed by atoms with van der Waals surface area (Å²) in [5, 5.41) is 6.84. The third-order valence-corrected chi connectivity index (χ3v) is 5.69. The summed E-state index contributed by atoms with van der Waals surface area (Å²) in [5.41, 5.74) is 2.43. The summed E-state index contributed by atoms with van der Waals surface area (Å²) in [4.78, 5) is 11.8. The molecule has 6 heteroatoms. The number of guanidine groups is 1. The second kappa shape index (κ2) is 11.6. The molecule has 0 aliphatic carbocycles. The third kappa shape index (κ3) is 6.20. The van der Waals surface area contributed by atoms with Gasteiger partial charge >= 0.3 is 0 Å². The van der Waals surface area contributed by atoms with Gasteiger partial charge in [0.25, 0.3) is 0 Å². The van der Waals surface area contributed by atoms with Crippen LogP contribution in [0.25, 0.3) is 0 Å². The quantitative estimate of drug-likeness (QED) is 0.518. The standard InChI is InChI=1S/C24H35N5O/c1-4-25-24(27-16-14-21-9-5-6-15-26-21)28-18-20-8-7-17-29(2)23(20)19-10-12-22(30-3)13-11-19/h5-6,9-13,15,20,23H,4,7-8,14,16-18H2,1-3H3,(H2,25,27,28). The summed E-state index contributed by atoms with van der Waals surface area (Å²) in [6.45, 7) is 5.70. The summed E-state index contributed by atoms with van der Waals surface area (Å²) in [6.07, 6.45) is 5.13. The van der Waals surface area contributed by atoms with Crippen LogP contribution < -0.4 is 15.4 Å². The molecule has 1 aliphatic heterocycles. The van der Waals surface area contributed by atoms with Gasteiger partial charge in [-0.25, -0.2) is 0 Å². The number of benzene rings is 1. The van der Waals surface area contributed by atoms with Crippen molar-refractivity contribution >= 4 is 5.96 Å². The lowest BCUT2D eigenvalue weighted by atomic mass is 9.85. The topological polar surface area (TPSA) is 61.8 Å². The lowest BCUT2D eigenvalue weighted by Gasteiger charge is -2.39. The van der Waals surface area contributed by atoms with Crippen LogP contribution in [0.3, 0.4) is 0 Å². The predicted octanol–water partition coefficient (Wildman–Crippen LogP) is 3.27. The Hall–Kier alpha value is -2.60. The molecule has 6 nitrogen and oxygen atoms in total. The fourth-order valence-electron chi connectivity index (χ4n) is 4.18. The number of hydrogen-bond donors (Lipinski definition) is 2. The molecule has 1 saturated heterocycles. The molecule has 0 amide bonds. The van der Waals surface area contributed by atoms with Gasteiger partial charge in [-0.15, -0.1) is 0 Å². The normalized spacial score (nSPS) is 20.0. The maximum atomic E-state index is 5.33. The molecule has 2 heterocycles. The van der Waals surface area contributed by atoms with E-state index in [9.17, 15) is 0 Å². The molecule has 1 aromatic carbocycles. The number of pyridine rings is 1. The molecule has 1 aliphatic rings. The second-order valence-electron chi connectivity index (χ2n) is 7.82. The molecule has 3 rings (SSSR count). The third-order valence-electron chi connectivity index (χ3n) is 5.69. The number of methoxy groups -OCH3 is 1. The Bertz CT molecular complexity index is 778. The molecule has 162 valence electrons. The van der Waals surface area contributed by atoms with Gasteiger partial charge in [0.05, 0.1) is 7.11 Å². The maximum absolute atomic E-state index is 5.33. The van der Waals surface area contributed by atoms with Gasteiger partial charge < -0.3 is 15.4 Å². The molecule has 2 unspecified atom stereocenters. The van der Waals surface area contributed by atoms with Gasteiger partial charge in [-0.2, -0.15) is 0 Å². The van der Waals surface area contributed by atoms with E-state index in [0.29, 0.717) is 12.0 Å². The van der Waals surface area contributed by atoms with Crippen molar-refractivity contribution in [3.63, 3.8) is 0 Å². The van der Waals surface area contributed by atoms with Crippen molar-refractivity contribution in [1.29, 1.82) is 0 Å². The van der Waals surface area contributed by atoms with E-state index in [1.54, 1.807) is 7.11 Å². The SMILES string of the molecule is CCNC(=NCC1CCCN(C)C1c1ccc(OC)cc1)NCCc1ccccn1. The molecular weight excluding hydrogens is 374 g/mol. The number of aromatic nitrogens is 1. The molecule has 0 bridgehead atoms. The van der Waals surface area contributed by atoms with E-state index in [-0.39, 0.29) is 0 Å². The van der Waals surface area contributed by atoms with E-state index in [1.165, 1.54) is 18.4 Å². The number of likely N-dealkylation sites (tertiary alicyclic amines) is 1. The van der Waals surface area contributed by atoms with Crippen molar-refractivity contribution in [3.8, 4) is 5.75 Å². The van der Waals surface area contributed by atoms with Crippen LogP contribution >= 0.6 is 0 Å². The Morgan fingerprint density at radius 3 is 2.73 bits per heavy atom. The Labute approximate surface area is 180 Å². The summed E-state index contributed by atoms with van der Waals surface area (Å²) in [7, 11) is 3.93. The fourth-order valence-corrected chi connectivity index (χ4v) is 4.18. The van der Waals surface area contributed by atoms with Crippen LogP contribution in [-0.2, 0) is 6.42 Å². The Kier molecular flexibility index (Phi) is 8.51. The van der Waals surface area contributed by atoms with Crippen LogP contribution in [0.5, 0.6) is 5.75 Å². The van der Waals surface area contributed by atoms with E-state index in [0.717, 1.165) is 50.0 Å². The maximum Gasteiger partial charge on any atom is 0.191 e. The van der Waals surface area contributed by atoms with Gasteiger partial charge in [-0.05, 0) is 69.1 Å². The number of piperidine rings is 1. The van der Waals surface area contributed by atoms with E-state index in [2.05, 4.69) is 64.8 Å². The minimum Gasteiger partial charge on any atom is -0.497 e. The van der Waals surface area contributed by atoms with Gasteiger partial charge in [0, 0.05) is 44.0 Å². The van der Waals surface area contributed by atoms with Gasteiger partial charge in [0.2, 0.25) is 0 Å². The van der Waals surface area contributed by atoms with E-state index >= 15 is 0 Å². The van der Waals surface area contributed by atoms with E-state index in [4.69, 9.17) is 9.73 Å². The number of aliphatic imine (C=N–C) groups is 1. The number of nitrogens with one attached hydrogen (secondary N) is 2. The zero-order valence-corrected chi connectivity index (χ0v) is 18.5. The minimum absolute atomic E-state index is 0.379. The van der Waals surface area contributed by atoms with Crippen molar-refractivity contribution in [2.45, 2.75) is 32.2 Å². The highest BCUT2D eigenvalue weighted by molar-refractivity contribution is 5.79. The fraction of sp³-hybridized carbons (Fsp3) is 0.500. The van der Waals surface area contributed by atoms with Gasteiger partial charge in [-0.3, -0.25) is 14.9 Å². The first kappa shape index (κ1) is 22.1. The van der Waals surface area contributed by atoms with Crippen molar-refractivity contribution < 1.29 is 4.74 Å². The van der Waals surface area contributed by atoms with E-state index < -0.39 is 0 Å². The number of nitrogens with zero attached hydrogens (tertiary/aromatic N) is 3. The highest BCUT2D eigenvalue weighted by atomic mass is 16.5. The monoisotopic (exact) mass is 409 g/mol. The molecule has 0 saturated carbocycles. The molecule has 2 aromatic rings. The number of rotatable bonds is 8. The molecule has 2 N–H and O–H groups in total. The first-order valence-electron chi connectivity index (χ1n) is 11.0. The van der Waals surface area contributed by atoms with Crippen LogP contribution in [0, 0.1) is 5.92 Å². The van der Waals surface area contributed by atoms with Crippen LogP contribution in [-0.4, -0.2) is 56.2 Å². The average molecular weight is 410 g/mol. The molecule has 0 spiro atoms. The van der Waals surface area contributed by atoms with Gasteiger partial charge in [0.15, 0.2) is 5.96 Å². The highest BCUT2D eigenvalue weighted by Crippen LogP contribution is 2.35. The van der Waals surface area contributed by atoms with Crippen LogP contribution in [0.15, 0.2) is 53.7 Å². The van der Waals surface area contributed by atoms with Gasteiger partial charge in [0.1, 0.15) is 5.75 Å². The average Bonchev–Trinajstić information content (AvgIpc) is 2.78. The number of hydrogen-bond acceptors (Lipinski definition) is 4. The van der Waals surface area contributed by atoms with Crippen molar-refractivity contribution in [3.05, 3.63) is 59.9 Å². The smallest absolute Gasteiger partial charge is 0.191 e. The largest absolute Gasteiger partial charge is 0.497 e. The Balaban J connectivity index is 1.63. The van der Waals surface area contributed by atoms with Crippen LogP contribution in [0.1, 0.15) is 37.1 Å². The molecule has 2 atom stereocenters. The highest BCUT2D eigenvalue weighted by Gasteiger charge is 2.30. The van der Waals surface area contributed by atoms with Crippen molar-refractivity contribution in [2.75, 3.05) is 40.3 Å². The molecular formula is C24H35N5O. The Morgan fingerprint density at radius 1 is 1.20 bits per heavy atom.